The molecular formula is C21H20N4O2. The molecule has 2 amide bonds. The highest BCUT2D eigenvalue weighted by Crippen LogP contribution is 2.17. The molecule has 1 aliphatic heterocycles. The number of carbonyl (C=O) groups excluding carboxylic acids is 2. The fraction of sp³-hybridized carbons (Fsp3) is 0.190. The minimum Gasteiger partial charge on any atom is -0.353 e. The second kappa shape index (κ2) is 7.45. The molecule has 0 radical (unpaired) electrons. The zero-order valence-corrected chi connectivity index (χ0v) is 14.8. The number of rotatable bonds is 4. The average molecular weight is 360 g/mol. The highest BCUT2D eigenvalue weighted by molar-refractivity contribution is 5.98. The number of benzene rings is 2. The summed E-state index contributed by atoms with van der Waals surface area (Å²) in [5.74, 6) is -0.249. The summed E-state index contributed by atoms with van der Waals surface area (Å²) in [7, 11) is 0. The molecule has 1 aliphatic rings. The summed E-state index contributed by atoms with van der Waals surface area (Å²) in [5, 5.41) is 7.09. The van der Waals surface area contributed by atoms with Gasteiger partial charge in [-0.2, -0.15) is 5.10 Å². The van der Waals surface area contributed by atoms with E-state index >= 15 is 0 Å². The van der Waals surface area contributed by atoms with Crippen molar-refractivity contribution in [1.82, 2.24) is 20.0 Å². The van der Waals surface area contributed by atoms with E-state index in [0.29, 0.717) is 25.1 Å². The predicted octanol–water partition coefficient (Wildman–Crippen LogP) is 2.06. The van der Waals surface area contributed by atoms with Crippen LogP contribution < -0.4 is 5.32 Å². The van der Waals surface area contributed by atoms with Crippen molar-refractivity contribution >= 4 is 11.8 Å². The number of nitrogens with one attached hydrogen (secondary N) is 1. The summed E-state index contributed by atoms with van der Waals surface area (Å²) < 4.78 is 1.71. The van der Waals surface area contributed by atoms with Crippen molar-refractivity contribution in [3.05, 3.63) is 84.2 Å². The maximum Gasteiger partial charge on any atom is 0.254 e. The second-order valence-electron chi connectivity index (χ2n) is 6.50. The van der Waals surface area contributed by atoms with Gasteiger partial charge in [-0.3, -0.25) is 9.59 Å². The van der Waals surface area contributed by atoms with Crippen LogP contribution in [0.3, 0.4) is 0 Å². The van der Waals surface area contributed by atoms with E-state index in [2.05, 4.69) is 10.4 Å². The van der Waals surface area contributed by atoms with Crippen LogP contribution in [0, 0.1) is 0 Å². The quantitative estimate of drug-likeness (QED) is 0.774. The standard InChI is InChI=1S/C21H20N4O2/c26-20-19(14-16-6-2-1-3-7-16)24(13-11-22-20)21(27)17-8-4-9-18(15-17)25-12-5-10-23-25/h1-10,12,15,19H,11,13-14H2,(H,22,26). The SMILES string of the molecule is O=C1NCCN(C(=O)c2cccc(-n3cccn3)c2)C1Cc1ccccc1. The highest BCUT2D eigenvalue weighted by atomic mass is 16.2. The largest absolute Gasteiger partial charge is 0.353 e. The first-order valence-corrected chi connectivity index (χ1v) is 8.95. The molecule has 2 aromatic carbocycles. The molecule has 1 saturated heterocycles. The van der Waals surface area contributed by atoms with Crippen LogP contribution >= 0.6 is 0 Å². The van der Waals surface area contributed by atoms with E-state index in [0.717, 1.165) is 11.3 Å². The van der Waals surface area contributed by atoms with Crippen molar-refractivity contribution in [2.75, 3.05) is 13.1 Å². The zero-order chi connectivity index (χ0) is 18.6. The number of nitrogens with zero attached hydrogens (tertiary/aromatic N) is 3. The average Bonchev–Trinajstić information content (AvgIpc) is 3.25. The fourth-order valence-electron chi connectivity index (χ4n) is 3.37. The second-order valence-corrected chi connectivity index (χ2v) is 6.50. The van der Waals surface area contributed by atoms with E-state index in [-0.39, 0.29) is 11.8 Å². The van der Waals surface area contributed by atoms with Crippen LogP contribution in [-0.2, 0) is 11.2 Å². The minimum absolute atomic E-state index is 0.110. The van der Waals surface area contributed by atoms with Gasteiger partial charge in [-0.05, 0) is 29.8 Å². The van der Waals surface area contributed by atoms with Crippen LogP contribution in [0.5, 0.6) is 0 Å². The van der Waals surface area contributed by atoms with Gasteiger partial charge in [0, 0.05) is 37.5 Å². The summed E-state index contributed by atoms with van der Waals surface area (Å²) in [6.45, 7) is 0.961. The van der Waals surface area contributed by atoms with Gasteiger partial charge in [-0.25, -0.2) is 4.68 Å². The van der Waals surface area contributed by atoms with E-state index in [1.54, 1.807) is 27.9 Å². The first kappa shape index (κ1) is 17.0. The van der Waals surface area contributed by atoms with Gasteiger partial charge in [0.15, 0.2) is 0 Å². The van der Waals surface area contributed by atoms with Crippen molar-refractivity contribution in [1.29, 1.82) is 0 Å². The molecule has 0 aliphatic carbocycles. The zero-order valence-electron chi connectivity index (χ0n) is 14.8. The third kappa shape index (κ3) is 3.60. The minimum atomic E-state index is -0.512. The molecule has 4 rings (SSSR count). The van der Waals surface area contributed by atoms with Gasteiger partial charge in [0.1, 0.15) is 6.04 Å². The molecule has 1 unspecified atom stereocenters. The van der Waals surface area contributed by atoms with Gasteiger partial charge in [0.2, 0.25) is 5.91 Å². The Balaban J connectivity index is 1.61. The van der Waals surface area contributed by atoms with Gasteiger partial charge in [-0.15, -0.1) is 0 Å². The molecule has 1 fully saturated rings. The van der Waals surface area contributed by atoms with Crippen molar-refractivity contribution in [3.8, 4) is 5.69 Å². The number of amides is 2. The molecule has 3 aromatic rings. The Morgan fingerprint density at radius 1 is 1.11 bits per heavy atom. The molecule has 2 heterocycles. The van der Waals surface area contributed by atoms with E-state index in [1.165, 1.54) is 0 Å². The molecule has 0 spiro atoms. The lowest BCUT2D eigenvalue weighted by Gasteiger charge is -2.35. The molecule has 6 nitrogen and oxygen atoms in total. The summed E-state index contributed by atoms with van der Waals surface area (Å²) >= 11 is 0. The third-order valence-electron chi connectivity index (χ3n) is 4.73. The molecular weight excluding hydrogens is 340 g/mol. The lowest BCUT2D eigenvalue weighted by Crippen LogP contribution is -2.58. The number of aromatic nitrogens is 2. The highest BCUT2D eigenvalue weighted by Gasteiger charge is 2.33. The van der Waals surface area contributed by atoms with Crippen LogP contribution in [-0.4, -0.2) is 45.6 Å². The lowest BCUT2D eigenvalue weighted by atomic mass is 10.0. The van der Waals surface area contributed by atoms with E-state index < -0.39 is 6.04 Å². The summed E-state index contributed by atoms with van der Waals surface area (Å²) in [6, 6.07) is 18.4. The van der Waals surface area contributed by atoms with E-state index in [4.69, 9.17) is 0 Å². The maximum absolute atomic E-state index is 13.2. The van der Waals surface area contributed by atoms with Gasteiger partial charge in [0.05, 0.1) is 5.69 Å². The summed E-state index contributed by atoms with van der Waals surface area (Å²) in [5.41, 5.74) is 2.39. The van der Waals surface area contributed by atoms with Crippen molar-refractivity contribution < 1.29 is 9.59 Å². The maximum atomic E-state index is 13.2. The number of hydrogen-bond donors (Lipinski definition) is 1. The van der Waals surface area contributed by atoms with Crippen LogP contribution in [0.25, 0.3) is 5.69 Å². The first-order valence-electron chi connectivity index (χ1n) is 8.95. The van der Waals surface area contributed by atoms with Crippen LogP contribution in [0.15, 0.2) is 73.1 Å². The predicted molar refractivity (Wildman–Crippen MR) is 102 cm³/mol. The Bertz CT molecular complexity index is 938. The lowest BCUT2D eigenvalue weighted by molar-refractivity contribution is -0.127. The van der Waals surface area contributed by atoms with Crippen LogP contribution in [0.2, 0.25) is 0 Å². The van der Waals surface area contributed by atoms with Gasteiger partial charge in [0.25, 0.3) is 5.91 Å². The van der Waals surface area contributed by atoms with Crippen molar-refractivity contribution in [2.45, 2.75) is 12.5 Å². The molecule has 1 atom stereocenters. The molecule has 1 aromatic heterocycles. The molecule has 27 heavy (non-hydrogen) atoms. The normalized spacial score (nSPS) is 16.8. The Hall–Kier alpha value is -3.41. The monoisotopic (exact) mass is 360 g/mol. The molecule has 0 bridgehead atoms. The Kier molecular flexibility index (Phi) is 4.70. The van der Waals surface area contributed by atoms with Gasteiger partial charge in [-0.1, -0.05) is 36.4 Å². The smallest absolute Gasteiger partial charge is 0.254 e. The molecule has 1 N–H and O–H groups in total. The molecule has 0 saturated carbocycles. The Morgan fingerprint density at radius 2 is 1.96 bits per heavy atom. The number of carbonyl (C=O) groups is 2. The third-order valence-corrected chi connectivity index (χ3v) is 4.73. The summed E-state index contributed by atoms with van der Waals surface area (Å²) in [4.78, 5) is 27.3. The number of piperazine rings is 1. The van der Waals surface area contributed by atoms with Gasteiger partial charge < -0.3 is 10.2 Å². The Morgan fingerprint density at radius 3 is 2.74 bits per heavy atom. The van der Waals surface area contributed by atoms with Crippen molar-refractivity contribution in [3.63, 3.8) is 0 Å². The Labute approximate surface area is 157 Å². The molecule has 6 heteroatoms. The van der Waals surface area contributed by atoms with Crippen molar-refractivity contribution in [2.24, 2.45) is 0 Å². The van der Waals surface area contributed by atoms with Crippen LogP contribution in [0.1, 0.15) is 15.9 Å². The van der Waals surface area contributed by atoms with Gasteiger partial charge >= 0.3 is 0 Å². The first-order chi connectivity index (χ1) is 13.2. The van der Waals surface area contributed by atoms with E-state index in [9.17, 15) is 9.59 Å². The van der Waals surface area contributed by atoms with E-state index in [1.807, 2.05) is 54.7 Å². The molecule has 136 valence electrons. The number of hydrogen-bond acceptors (Lipinski definition) is 3. The topological polar surface area (TPSA) is 67.2 Å². The van der Waals surface area contributed by atoms with Crippen LogP contribution in [0.4, 0.5) is 0 Å². The summed E-state index contributed by atoms with van der Waals surface area (Å²) in [6.07, 6.45) is 4.02. The fourth-order valence-corrected chi connectivity index (χ4v) is 3.37.